The fraction of sp³-hybridized carbons (Fsp3) is 0.250. The van der Waals surface area contributed by atoms with Crippen molar-refractivity contribution in [2.24, 2.45) is 0 Å². The van der Waals surface area contributed by atoms with Gasteiger partial charge in [-0.3, -0.25) is 14.9 Å². The van der Waals surface area contributed by atoms with Crippen molar-refractivity contribution < 1.29 is 24.2 Å². The molecule has 0 saturated carbocycles. The van der Waals surface area contributed by atoms with Crippen LogP contribution in [-0.2, 0) is 9.53 Å². The van der Waals surface area contributed by atoms with Gasteiger partial charge in [-0.1, -0.05) is 48.5 Å². The lowest BCUT2D eigenvalue weighted by atomic mass is 9.98. The molecule has 0 spiro atoms. The van der Waals surface area contributed by atoms with Crippen LogP contribution in [0, 0.1) is 0 Å². The van der Waals surface area contributed by atoms with Crippen LogP contribution in [-0.4, -0.2) is 52.7 Å². The minimum absolute atomic E-state index is 0.0519. The number of carbonyl (C=O) groups is 3. The Morgan fingerprint density at radius 3 is 2.33 bits per heavy atom. The Morgan fingerprint density at radius 2 is 1.73 bits per heavy atom. The van der Waals surface area contributed by atoms with Crippen molar-refractivity contribution in [3.05, 3.63) is 70.7 Å². The third-order valence-corrected chi connectivity index (χ3v) is 6.30. The van der Waals surface area contributed by atoms with Gasteiger partial charge in [-0.2, -0.15) is 0 Å². The summed E-state index contributed by atoms with van der Waals surface area (Å²) in [5, 5.41) is 13.2. The van der Waals surface area contributed by atoms with Gasteiger partial charge in [0.25, 0.3) is 5.91 Å². The van der Waals surface area contributed by atoms with Gasteiger partial charge in [0.1, 0.15) is 12.3 Å². The van der Waals surface area contributed by atoms with Crippen LogP contribution in [0.15, 0.2) is 53.9 Å². The topological polar surface area (TPSA) is 109 Å². The largest absolute Gasteiger partial charge is 0.481 e. The minimum Gasteiger partial charge on any atom is -0.481 e. The normalized spacial score (nSPS) is 12.0. The number of thiazole rings is 1. The van der Waals surface area contributed by atoms with Crippen molar-refractivity contribution in [3.63, 3.8) is 0 Å². The quantitative estimate of drug-likeness (QED) is 0.509. The summed E-state index contributed by atoms with van der Waals surface area (Å²) in [6.45, 7) is 2.40. The second-order valence-corrected chi connectivity index (χ2v) is 8.38. The molecule has 0 saturated heterocycles. The van der Waals surface area contributed by atoms with Gasteiger partial charge in [-0.15, -0.1) is 11.3 Å². The van der Waals surface area contributed by atoms with E-state index in [2.05, 4.69) is 22.4 Å². The molecule has 0 bridgehead atoms. The molecule has 0 unspecified atom stereocenters. The summed E-state index contributed by atoms with van der Waals surface area (Å²) in [6.07, 6.45) is -0.794. The summed E-state index contributed by atoms with van der Waals surface area (Å²) in [7, 11) is 0. The van der Waals surface area contributed by atoms with Gasteiger partial charge in [-0.05, 0) is 29.2 Å². The third-order valence-electron chi connectivity index (χ3n) is 5.54. The van der Waals surface area contributed by atoms with Crippen LogP contribution in [0.25, 0.3) is 11.1 Å². The molecule has 2 amide bonds. The number of amides is 2. The molecule has 2 N–H and O–H groups in total. The molecule has 4 rings (SSSR count). The first kappa shape index (κ1) is 22.5. The maximum Gasteiger partial charge on any atom is 0.413 e. The van der Waals surface area contributed by atoms with E-state index in [4.69, 9.17) is 9.84 Å². The van der Waals surface area contributed by atoms with E-state index in [9.17, 15) is 14.4 Å². The van der Waals surface area contributed by atoms with Crippen molar-refractivity contribution in [2.45, 2.75) is 19.3 Å². The van der Waals surface area contributed by atoms with Crippen molar-refractivity contribution in [3.8, 4) is 11.1 Å². The van der Waals surface area contributed by atoms with Gasteiger partial charge in [0, 0.05) is 24.4 Å². The number of aliphatic carboxylic acids is 1. The Labute approximate surface area is 194 Å². The summed E-state index contributed by atoms with van der Waals surface area (Å²) < 4.78 is 5.50. The Hall–Kier alpha value is -3.72. The first-order valence-electron chi connectivity index (χ1n) is 10.6. The monoisotopic (exact) mass is 465 g/mol. The molecule has 1 aliphatic rings. The SMILES string of the molecule is CCN(CCC(=O)O)C(=O)c1csc(NC(=O)OCC2c3ccccc3-c3ccccc32)n1. The van der Waals surface area contributed by atoms with Crippen LogP contribution >= 0.6 is 11.3 Å². The van der Waals surface area contributed by atoms with Gasteiger partial charge < -0.3 is 14.7 Å². The van der Waals surface area contributed by atoms with Gasteiger partial charge in [0.05, 0.1) is 6.42 Å². The molecule has 1 heterocycles. The first-order chi connectivity index (χ1) is 16.0. The average molecular weight is 466 g/mol. The third kappa shape index (κ3) is 4.88. The smallest absolute Gasteiger partial charge is 0.413 e. The molecule has 8 nitrogen and oxygen atoms in total. The fourth-order valence-corrected chi connectivity index (χ4v) is 4.62. The first-order valence-corrected chi connectivity index (χ1v) is 11.4. The highest BCUT2D eigenvalue weighted by atomic mass is 32.1. The molecule has 1 aromatic heterocycles. The molecule has 0 fully saturated rings. The summed E-state index contributed by atoms with van der Waals surface area (Å²) in [4.78, 5) is 41.3. The zero-order valence-electron chi connectivity index (χ0n) is 18.0. The predicted molar refractivity (Wildman–Crippen MR) is 125 cm³/mol. The minimum atomic E-state index is -0.975. The van der Waals surface area contributed by atoms with Crippen LogP contribution in [0.3, 0.4) is 0 Å². The number of rotatable bonds is 8. The average Bonchev–Trinajstić information content (AvgIpc) is 3.40. The van der Waals surface area contributed by atoms with E-state index in [1.807, 2.05) is 36.4 Å². The zero-order valence-corrected chi connectivity index (χ0v) is 18.8. The number of nitrogens with one attached hydrogen (secondary N) is 1. The zero-order chi connectivity index (χ0) is 23.4. The van der Waals surface area contributed by atoms with Crippen LogP contribution < -0.4 is 5.32 Å². The van der Waals surface area contributed by atoms with Crippen LogP contribution in [0.2, 0.25) is 0 Å². The molecule has 0 radical (unpaired) electrons. The number of hydrogen-bond donors (Lipinski definition) is 2. The van der Waals surface area contributed by atoms with Gasteiger partial charge in [-0.25, -0.2) is 9.78 Å². The van der Waals surface area contributed by atoms with Crippen molar-refractivity contribution in [2.75, 3.05) is 25.0 Å². The van der Waals surface area contributed by atoms with Crippen LogP contribution in [0.4, 0.5) is 9.93 Å². The van der Waals surface area contributed by atoms with Gasteiger partial charge in [0.2, 0.25) is 0 Å². The molecular weight excluding hydrogens is 442 g/mol. The van der Waals surface area contributed by atoms with E-state index >= 15 is 0 Å². The van der Waals surface area contributed by atoms with E-state index < -0.39 is 12.1 Å². The number of hydrogen-bond acceptors (Lipinski definition) is 6. The number of ether oxygens (including phenoxy) is 1. The number of carbonyl (C=O) groups excluding carboxylic acids is 2. The summed E-state index contributed by atoms with van der Waals surface area (Å²) >= 11 is 1.11. The lowest BCUT2D eigenvalue weighted by Crippen LogP contribution is -2.33. The van der Waals surface area contributed by atoms with E-state index in [1.54, 1.807) is 6.92 Å². The molecule has 33 heavy (non-hydrogen) atoms. The number of carboxylic acids is 1. The van der Waals surface area contributed by atoms with E-state index in [1.165, 1.54) is 10.3 Å². The number of fused-ring (bicyclic) bond motifs is 3. The standard InChI is InChI=1S/C24H23N3O5S/c1-2-27(12-11-21(28)29)22(30)20-14-33-23(25-20)26-24(31)32-13-19-17-9-5-3-7-15(17)16-8-4-6-10-18(16)19/h3-10,14,19H,2,11-13H2,1H3,(H,28,29)(H,25,26,31). The molecule has 2 aromatic carbocycles. The molecule has 170 valence electrons. The summed E-state index contributed by atoms with van der Waals surface area (Å²) in [5.41, 5.74) is 4.69. The van der Waals surface area contributed by atoms with E-state index in [0.717, 1.165) is 33.6 Å². The highest BCUT2D eigenvalue weighted by Crippen LogP contribution is 2.44. The fourth-order valence-electron chi connectivity index (χ4n) is 3.95. The van der Waals surface area contributed by atoms with Crippen LogP contribution in [0.1, 0.15) is 40.9 Å². The Balaban J connectivity index is 1.37. The summed E-state index contributed by atoms with van der Waals surface area (Å²) in [6, 6.07) is 16.2. The number of aromatic nitrogens is 1. The number of anilines is 1. The lowest BCUT2D eigenvalue weighted by Gasteiger charge is -2.18. The highest BCUT2D eigenvalue weighted by molar-refractivity contribution is 7.14. The predicted octanol–water partition coefficient (Wildman–Crippen LogP) is 4.44. The van der Waals surface area contributed by atoms with Crippen molar-refractivity contribution in [1.29, 1.82) is 0 Å². The number of nitrogens with zero attached hydrogens (tertiary/aromatic N) is 2. The van der Waals surface area contributed by atoms with E-state index in [-0.39, 0.29) is 42.2 Å². The number of benzene rings is 2. The second-order valence-electron chi connectivity index (χ2n) is 7.52. The molecule has 1 aliphatic carbocycles. The number of carboxylic acid groups (broad SMARTS) is 1. The Bertz CT molecular complexity index is 1150. The molecule has 0 atom stereocenters. The molecule has 3 aromatic rings. The van der Waals surface area contributed by atoms with Crippen molar-refractivity contribution in [1.82, 2.24) is 9.88 Å². The van der Waals surface area contributed by atoms with Gasteiger partial charge in [0.15, 0.2) is 5.13 Å². The lowest BCUT2D eigenvalue weighted by molar-refractivity contribution is -0.137. The van der Waals surface area contributed by atoms with E-state index in [0.29, 0.717) is 6.54 Å². The maximum atomic E-state index is 12.6. The second kappa shape index (κ2) is 9.83. The summed E-state index contributed by atoms with van der Waals surface area (Å²) in [5.74, 6) is -1.41. The van der Waals surface area contributed by atoms with Crippen LogP contribution in [0.5, 0.6) is 0 Å². The Morgan fingerprint density at radius 1 is 1.09 bits per heavy atom. The Kier molecular flexibility index (Phi) is 6.69. The molecule has 0 aliphatic heterocycles. The molecule has 9 heteroatoms. The maximum absolute atomic E-state index is 12.6. The van der Waals surface area contributed by atoms with Crippen molar-refractivity contribution >= 4 is 34.4 Å². The highest BCUT2D eigenvalue weighted by Gasteiger charge is 2.29. The molecular formula is C24H23N3O5S. The van der Waals surface area contributed by atoms with Gasteiger partial charge >= 0.3 is 12.1 Å².